The van der Waals surface area contributed by atoms with Crippen molar-refractivity contribution in [2.75, 3.05) is 10.6 Å². The van der Waals surface area contributed by atoms with E-state index in [1.807, 2.05) is 85.3 Å². The number of aldehydes is 1. The first-order valence-corrected chi connectivity index (χ1v) is 23.2. The van der Waals surface area contributed by atoms with Gasteiger partial charge in [0.25, 0.3) is 11.1 Å². The largest absolute Gasteiger partial charge is 1.00 e. The van der Waals surface area contributed by atoms with Gasteiger partial charge in [-0.25, -0.2) is 9.97 Å². The topological polar surface area (TPSA) is 181 Å². The fraction of sp³-hybridized carbons (Fsp3) is 0.135. The van der Waals surface area contributed by atoms with E-state index in [-0.39, 0.29) is 56.2 Å². The maximum absolute atomic E-state index is 13.2. The fourth-order valence-electron chi connectivity index (χ4n) is 8.09. The summed E-state index contributed by atoms with van der Waals surface area (Å²) >= 11 is 25.1. The summed E-state index contributed by atoms with van der Waals surface area (Å²) < 4.78 is 3.63. The molecule has 0 bridgehead atoms. The number of anilines is 4. The van der Waals surface area contributed by atoms with Crippen LogP contribution in [0, 0.1) is 13.8 Å². The van der Waals surface area contributed by atoms with E-state index in [9.17, 15) is 14.4 Å². The van der Waals surface area contributed by atoms with E-state index < -0.39 is 0 Å². The average molecular weight is 1040 g/mol. The van der Waals surface area contributed by atoms with Crippen LogP contribution in [-0.2, 0) is 33.7 Å². The van der Waals surface area contributed by atoms with Crippen LogP contribution in [-0.4, -0.2) is 43.8 Å². The summed E-state index contributed by atoms with van der Waals surface area (Å²) in [6, 6.07) is 38.2. The van der Waals surface area contributed by atoms with Gasteiger partial charge in [-0.1, -0.05) is 131 Å². The summed E-state index contributed by atoms with van der Waals surface area (Å²) in [5.41, 5.74) is 14.0. The van der Waals surface area contributed by atoms with Crippen LogP contribution in [0.4, 0.5) is 23.3 Å². The van der Waals surface area contributed by atoms with Gasteiger partial charge in [-0.2, -0.15) is 0 Å². The van der Waals surface area contributed by atoms with Crippen LogP contribution in [0.15, 0.2) is 131 Å². The molecule has 3 radical (unpaired) electrons. The number of hydrogen-bond acceptors (Lipinski definition) is 9. The van der Waals surface area contributed by atoms with Gasteiger partial charge in [0, 0.05) is 47.8 Å². The summed E-state index contributed by atoms with van der Waals surface area (Å²) in [5.74, 6) is 1.03. The van der Waals surface area contributed by atoms with Crippen LogP contribution >= 0.6 is 46.4 Å². The normalized spacial score (nSPS) is 10.8. The van der Waals surface area contributed by atoms with E-state index in [0.717, 1.165) is 28.7 Å². The molecule has 0 fully saturated rings. The van der Waals surface area contributed by atoms with Crippen LogP contribution in [0.3, 0.4) is 0 Å². The van der Waals surface area contributed by atoms with E-state index >= 15 is 0 Å². The van der Waals surface area contributed by atoms with Gasteiger partial charge in [-0.15, -0.1) is 0 Å². The molecule has 71 heavy (non-hydrogen) atoms. The van der Waals surface area contributed by atoms with Crippen LogP contribution in [0.5, 0.6) is 0 Å². The van der Waals surface area contributed by atoms with E-state index in [4.69, 9.17) is 52.1 Å². The first kappa shape index (κ1) is 54.4. The Balaban J connectivity index is 0.000000227. The number of aromatic nitrogens is 6. The minimum atomic E-state index is -0.339. The average Bonchev–Trinajstić information content (AvgIpc) is 3.85. The predicted octanol–water partition coefficient (Wildman–Crippen LogP) is 8.53. The number of para-hydroxylation sites is 2. The number of H-pyrrole nitrogens is 2. The number of aromatic amines is 2. The molecule has 0 saturated heterocycles. The maximum atomic E-state index is 13.2. The Kier molecular flexibility index (Phi) is 18.4. The molecule has 0 unspecified atom stereocenters. The number of nitrogens with one attached hydrogen (secondary N) is 5. The molecule has 0 aliphatic carbocycles. The Morgan fingerprint density at radius 1 is 0.606 bits per heavy atom. The smallest absolute Gasteiger partial charge is 1.00 e. The first-order chi connectivity index (χ1) is 33.3. The van der Waals surface area contributed by atoms with Gasteiger partial charge in [0.15, 0.2) is 6.29 Å². The molecule has 19 heteroatoms. The molecule has 0 amide bonds. The number of carbonyl (C=O) groups is 1. The summed E-state index contributed by atoms with van der Waals surface area (Å²) in [4.78, 5) is 52.0. The molecule has 10 aromatic rings. The molecule has 4 aromatic heterocycles. The summed E-state index contributed by atoms with van der Waals surface area (Å²) in [7, 11) is 3.66. The molecule has 6 aromatic carbocycles. The van der Waals surface area contributed by atoms with Crippen LogP contribution in [0.25, 0.3) is 43.6 Å². The summed E-state index contributed by atoms with van der Waals surface area (Å²) in [5, 5.41) is 14.4. The monoisotopic (exact) mass is 1030 g/mol. The summed E-state index contributed by atoms with van der Waals surface area (Å²) in [6.45, 7) is 5.75. The van der Waals surface area contributed by atoms with Crippen LogP contribution in [0.2, 0.25) is 20.1 Å². The Morgan fingerprint density at radius 2 is 1.04 bits per heavy atom. The Labute approximate surface area is 454 Å². The number of imidazole rings is 2. The van der Waals surface area contributed by atoms with Crippen molar-refractivity contribution in [1.29, 1.82) is 0 Å². The minimum Gasteiger partial charge on any atom is -1.00 e. The Hall–Kier alpha value is -5.91. The van der Waals surface area contributed by atoms with Crippen molar-refractivity contribution in [2.45, 2.75) is 33.5 Å². The van der Waals surface area contributed by atoms with Crippen molar-refractivity contribution < 1.29 is 35.8 Å². The molecule has 0 saturated carbocycles. The summed E-state index contributed by atoms with van der Waals surface area (Å²) in [6.07, 6.45) is 0.649. The molecule has 10 rings (SSSR count). The number of pyridine rings is 2. The number of carbonyl (C=O) groups excluding carboxylic acids is 1. The number of aryl methyl sites for hydroxylation is 4. The van der Waals surface area contributed by atoms with Crippen molar-refractivity contribution >= 4 is 128 Å². The Bertz CT molecular complexity index is 3630. The van der Waals surface area contributed by atoms with E-state index in [0.29, 0.717) is 101 Å². The number of fused-ring (bicyclic) bond motifs is 6. The van der Waals surface area contributed by atoms with E-state index in [1.54, 1.807) is 61.0 Å². The van der Waals surface area contributed by atoms with Gasteiger partial charge in [0.05, 0.1) is 70.0 Å². The molecule has 355 valence electrons. The van der Waals surface area contributed by atoms with Crippen molar-refractivity contribution in [1.82, 2.24) is 34.4 Å². The fourth-order valence-corrected chi connectivity index (χ4v) is 9.08. The SMILES string of the molecule is Cc1c(C=O)[nH]c(=O)c2c1ccc1nc(Nc3c(Cl)cccc3Cl)n(C)c12.Cc1c(CNCc2ccccc2)[nH]c(=O)c2c1ccc1nc(Nc3c(Cl)cccc3Cl)n(C)c12.NCc1ccccc1.[B].[H-].[Na+]. The number of hydrogen-bond donors (Lipinski definition) is 6. The quantitative estimate of drug-likeness (QED) is 0.0578. The third-order valence-corrected chi connectivity index (χ3v) is 13.0. The standard InChI is InChI=1S/C26H23Cl2N5O.C19H14Cl2N4O2.C7H9N.B.Na.H/c1-15-17-11-12-20-24(33(2)26(31-20)32-23-18(27)9-6-10-19(23)28)22(17)25(34)30-21(15)14-29-13-16-7-4-3-5-8-16;1-9-10-6-7-13-17(15(10)18(27)22-14(9)8-26)25(2)19(23-13)24-16-11(20)4-3-5-12(16)21;8-6-7-4-2-1-3-5-7;;;/h3-12,29H,13-14H2,1-2H3,(H,30,34)(H,31,32);3-8H,1-2H3,(H,22,27)(H,23,24);1-5H,6,8H2;;;/q;;;;+1;-1. The molecule has 0 atom stereocenters. The molecule has 7 N–H and O–H groups in total. The minimum absolute atomic E-state index is 0. The predicted molar refractivity (Wildman–Crippen MR) is 290 cm³/mol. The third-order valence-electron chi connectivity index (χ3n) is 11.8. The van der Waals surface area contributed by atoms with Gasteiger partial charge in [0.2, 0.25) is 11.9 Å². The van der Waals surface area contributed by atoms with Gasteiger partial charge in [-0.3, -0.25) is 14.4 Å². The van der Waals surface area contributed by atoms with Crippen molar-refractivity contribution in [3.63, 3.8) is 0 Å². The number of halogens is 4. The second-order valence-electron chi connectivity index (χ2n) is 16.1. The zero-order chi connectivity index (χ0) is 48.9. The molecular weight excluding hydrogens is 988 g/mol. The van der Waals surface area contributed by atoms with Gasteiger partial charge < -0.3 is 42.2 Å². The zero-order valence-corrected chi connectivity index (χ0v) is 44.4. The molecular formula is C52H47BCl4N10NaO3. The van der Waals surface area contributed by atoms with Crippen LogP contribution in [0.1, 0.15) is 39.9 Å². The molecule has 13 nitrogen and oxygen atoms in total. The second kappa shape index (κ2) is 24.0. The number of nitrogens with two attached hydrogens (primary N) is 1. The maximum Gasteiger partial charge on any atom is 1.00 e. The third kappa shape index (κ3) is 11.6. The number of rotatable bonds is 10. The van der Waals surface area contributed by atoms with E-state index in [2.05, 4.69) is 48.0 Å². The molecule has 4 heterocycles. The van der Waals surface area contributed by atoms with Crippen molar-refractivity contribution in [3.05, 3.63) is 196 Å². The van der Waals surface area contributed by atoms with Gasteiger partial charge in [0.1, 0.15) is 0 Å². The first-order valence-electron chi connectivity index (χ1n) is 21.7. The Morgan fingerprint density at radius 3 is 1.48 bits per heavy atom. The van der Waals surface area contributed by atoms with Gasteiger partial charge >= 0.3 is 29.6 Å². The number of nitrogens with zero attached hydrogens (tertiary/aromatic N) is 4. The van der Waals surface area contributed by atoms with Crippen LogP contribution < -0.4 is 62.4 Å². The molecule has 0 spiro atoms. The van der Waals surface area contributed by atoms with Gasteiger partial charge in [-0.05, 0) is 83.3 Å². The van der Waals surface area contributed by atoms with Crippen molar-refractivity contribution in [3.8, 4) is 0 Å². The van der Waals surface area contributed by atoms with E-state index in [1.165, 1.54) is 11.1 Å². The van der Waals surface area contributed by atoms with Crippen molar-refractivity contribution in [2.24, 2.45) is 19.8 Å². The second-order valence-corrected chi connectivity index (χ2v) is 17.7. The molecule has 0 aliphatic heterocycles. The zero-order valence-electron chi connectivity index (χ0n) is 40.4. The molecule has 0 aliphatic rings. The number of benzene rings is 6.